The van der Waals surface area contributed by atoms with Crippen LogP contribution in [0.15, 0.2) is 91.0 Å². The Morgan fingerprint density at radius 2 is 0.964 bits per heavy atom. The van der Waals surface area contributed by atoms with E-state index in [2.05, 4.69) is 92.0 Å². The first kappa shape index (κ1) is 20.3. The molecule has 2 heteroatoms. The fourth-order valence-corrected chi connectivity index (χ4v) is 4.21. The van der Waals surface area contributed by atoms with Gasteiger partial charge in [-0.05, 0) is 36.5 Å². The molecule has 0 radical (unpaired) electrons. The van der Waals surface area contributed by atoms with Crippen molar-refractivity contribution in [2.24, 2.45) is 5.92 Å². The van der Waals surface area contributed by atoms with Crippen LogP contribution in [0, 0.1) is 5.92 Å². The lowest BCUT2D eigenvalue weighted by Gasteiger charge is -2.45. The highest BCUT2D eigenvalue weighted by Crippen LogP contribution is 2.38. The predicted octanol–water partition coefficient (Wildman–Crippen LogP) is 5.36. The normalized spacial score (nSPS) is 13.5. The first-order valence-corrected chi connectivity index (χ1v) is 10.0. The second kappa shape index (κ2) is 8.30. The second-order valence-electron chi connectivity index (χ2n) is 8.37. The van der Waals surface area contributed by atoms with E-state index in [1.807, 2.05) is 32.0 Å². The molecule has 0 bridgehead atoms. The van der Waals surface area contributed by atoms with E-state index in [-0.39, 0.29) is 12.0 Å². The molecule has 0 amide bonds. The minimum absolute atomic E-state index is 0.117. The van der Waals surface area contributed by atoms with Crippen LogP contribution in [0.1, 0.15) is 44.4 Å². The molecule has 0 heterocycles. The molecule has 0 aromatic heterocycles. The average Bonchev–Trinajstić information content (AvgIpc) is 2.70. The minimum atomic E-state index is -0.877. The van der Waals surface area contributed by atoms with Gasteiger partial charge in [-0.25, -0.2) is 0 Å². The van der Waals surface area contributed by atoms with Crippen LogP contribution in [0.25, 0.3) is 0 Å². The van der Waals surface area contributed by atoms with Crippen LogP contribution in [-0.4, -0.2) is 16.7 Å². The molecule has 2 N–H and O–H groups in total. The third-order valence-corrected chi connectivity index (χ3v) is 5.42. The smallest absolute Gasteiger partial charge is 0.0951 e. The van der Waals surface area contributed by atoms with Crippen LogP contribution in [0.5, 0.6) is 0 Å². The van der Waals surface area contributed by atoms with Crippen molar-refractivity contribution in [3.05, 3.63) is 108 Å². The summed E-state index contributed by atoms with van der Waals surface area (Å²) < 4.78 is 0. The van der Waals surface area contributed by atoms with Crippen molar-refractivity contribution in [1.29, 1.82) is 0 Å². The van der Waals surface area contributed by atoms with E-state index in [9.17, 15) is 5.11 Å². The number of aliphatic hydroxyl groups is 1. The Morgan fingerprint density at radius 3 is 1.21 bits per heavy atom. The van der Waals surface area contributed by atoms with Gasteiger partial charge in [0.05, 0.1) is 11.1 Å². The molecule has 1 atom stereocenters. The van der Waals surface area contributed by atoms with E-state index in [0.717, 1.165) is 16.7 Å². The Hall–Kier alpha value is -2.42. The van der Waals surface area contributed by atoms with Crippen molar-refractivity contribution >= 4 is 0 Å². The standard InChI is InChI=1S/C26H31NO/c1-20(2)24(25(3,4)28)27-26(21-14-8-5-9-15-21,22-16-10-6-11-17-22)23-18-12-7-13-19-23/h5-20,24,27-28H,1-4H3/t24-/m0/s1. The van der Waals surface area contributed by atoms with E-state index in [0.29, 0.717) is 0 Å². The number of hydrogen-bond acceptors (Lipinski definition) is 2. The largest absolute Gasteiger partial charge is 0.389 e. The fourth-order valence-electron chi connectivity index (χ4n) is 4.21. The fraction of sp³-hybridized carbons (Fsp3) is 0.308. The monoisotopic (exact) mass is 373 g/mol. The van der Waals surface area contributed by atoms with Gasteiger partial charge in [-0.1, -0.05) is 105 Å². The predicted molar refractivity (Wildman–Crippen MR) is 117 cm³/mol. The third-order valence-electron chi connectivity index (χ3n) is 5.42. The van der Waals surface area contributed by atoms with E-state index in [1.165, 1.54) is 0 Å². The highest BCUT2D eigenvalue weighted by molar-refractivity contribution is 5.49. The lowest BCUT2D eigenvalue weighted by atomic mass is 9.74. The third kappa shape index (κ3) is 4.04. The van der Waals surface area contributed by atoms with Crippen molar-refractivity contribution in [3.63, 3.8) is 0 Å². The Balaban J connectivity index is 2.31. The Labute approximate surface area is 169 Å². The van der Waals surface area contributed by atoms with Crippen LogP contribution in [0.3, 0.4) is 0 Å². The number of benzene rings is 3. The first-order chi connectivity index (χ1) is 13.4. The molecule has 0 fully saturated rings. The van der Waals surface area contributed by atoms with Crippen LogP contribution in [0.2, 0.25) is 0 Å². The van der Waals surface area contributed by atoms with Gasteiger partial charge >= 0.3 is 0 Å². The summed E-state index contributed by atoms with van der Waals surface area (Å²) in [5.41, 5.74) is 2.02. The van der Waals surface area contributed by atoms with Crippen LogP contribution < -0.4 is 5.32 Å². The molecular weight excluding hydrogens is 342 g/mol. The zero-order valence-electron chi connectivity index (χ0n) is 17.3. The second-order valence-corrected chi connectivity index (χ2v) is 8.37. The maximum Gasteiger partial charge on any atom is 0.0951 e. The van der Waals surface area contributed by atoms with Crippen LogP contribution >= 0.6 is 0 Å². The highest BCUT2D eigenvalue weighted by atomic mass is 16.3. The average molecular weight is 374 g/mol. The van der Waals surface area contributed by atoms with Gasteiger partial charge in [0.2, 0.25) is 0 Å². The van der Waals surface area contributed by atoms with Crippen LogP contribution in [-0.2, 0) is 5.54 Å². The van der Waals surface area contributed by atoms with Crippen molar-refractivity contribution < 1.29 is 5.11 Å². The molecule has 0 saturated carbocycles. The summed E-state index contributed by atoms with van der Waals surface area (Å²) >= 11 is 0. The highest BCUT2D eigenvalue weighted by Gasteiger charge is 2.42. The molecule has 3 rings (SSSR count). The molecule has 0 aliphatic carbocycles. The van der Waals surface area contributed by atoms with Gasteiger partial charge in [-0.3, -0.25) is 5.32 Å². The quantitative estimate of drug-likeness (QED) is 0.546. The summed E-state index contributed by atoms with van der Waals surface area (Å²) in [6, 6.07) is 31.4. The Morgan fingerprint density at radius 1 is 0.643 bits per heavy atom. The topological polar surface area (TPSA) is 32.3 Å². The van der Waals surface area contributed by atoms with E-state index < -0.39 is 11.1 Å². The lowest BCUT2D eigenvalue weighted by Crippen LogP contribution is -2.59. The number of rotatable bonds is 7. The van der Waals surface area contributed by atoms with Crippen molar-refractivity contribution in [1.82, 2.24) is 5.32 Å². The van der Waals surface area contributed by atoms with Gasteiger partial charge in [0, 0.05) is 6.04 Å². The zero-order valence-corrected chi connectivity index (χ0v) is 17.3. The molecule has 0 saturated heterocycles. The van der Waals surface area contributed by atoms with Gasteiger partial charge in [0.1, 0.15) is 0 Å². The first-order valence-electron chi connectivity index (χ1n) is 10.0. The van der Waals surface area contributed by atoms with Crippen molar-refractivity contribution in [2.45, 2.75) is 44.9 Å². The minimum Gasteiger partial charge on any atom is -0.389 e. The SMILES string of the molecule is CC(C)[C@H](NC(c1ccccc1)(c1ccccc1)c1ccccc1)C(C)(C)O. The Bertz CT molecular complexity index is 755. The summed E-state index contributed by atoms with van der Waals surface area (Å²) in [4.78, 5) is 0. The molecule has 0 unspecified atom stereocenters. The lowest BCUT2D eigenvalue weighted by molar-refractivity contribution is 0.0117. The summed E-state index contributed by atoms with van der Waals surface area (Å²) in [5, 5.41) is 14.9. The Kier molecular flexibility index (Phi) is 6.02. The van der Waals surface area contributed by atoms with E-state index >= 15 is 0 Å². The molecule has 28 heavy (non-hydrogen) atoms. The maximum atomic E-state index is 11.0. The molecule has 146 valence electrons. The molecule has 3 aromatic rings. The van der Waals surface area contributed by atoms with Crippen LogP contribution in [0.4, 0.5) is 0 Å². The molecular formula is C26H31NO. The maximum absolute atomic E-state index is 11.0. The summed E-state index contributed by atoms with van der Waals surface area (Å²) in [6.07, 6.45) is 0. The zero-order chi connectivity index (χ0) is 20.2. The van der Waals surface area contributed by atoms with E-state index in [4.69, 9.17) is 0 Å². The van der Waals surface area contributed by atoms with Gasteiger partial charge < -0.3 is 5.11 Å². The van der Waals surface area contributed by atoms with Crippen molar-refractivity contribution in [3.8, 4) is 0 Å². The summed E-state index contributed by atoms with van der Waals surface area (Å²) in [7, 11) is 0. The molecule has 2 nitrogen and oxygen atoms in total. The molecule has 0 spiro atoms. The van der Waals surface area contributed by atoms with Gasteiger partial charge in [-0.15, -0.1) is 0 Å². The van der Waals surface area contributed by atoms with Crippen molar-refractivity contribution in [2.75, 3.05) is 0 Å². The van der Waals surface area contributed by atoms with E-state index in [1.54, 1.807) is 0 Å². The van der Waals surface area contributed by atoms with Gasteiger partial charge in [0.15, 0.2) is 0 Å². The number of nitrogens with one attached hydrogen (secondary N) is 1. The molecule has 0 aliphatic rings. The van der Waals surface area contributed by atoms with Gasteiger partial charge in [-0.2, -0.15) is 0 Å². The summed E-state index contributed by atoms with van der Waals surface area (Å²) in [6.45, 7) is 8.08. The molecule has 3 aromatic carbocycles. The number of hydrogen-bond donors (Lipinski definition) is 2. The van der Waals surface area contributed by atoms with Gasteiger partial charge in [0.25, 0.3) is 0 Å². The molecule has 0 aliphatic heterocycles. The summed E-state index contributed by atoms with van der Waals surface area (Å²) in [5.74, 6) is 0.246.